The van der Waals surface area contributed by atoms with E-state index in [2.05, 4.69) is 10.3 Å². The second-order valence-electron chi connectivity index (χ2n) is 6.60. The first-order chi connectivity index (χ1) is 12.7. The number of hydrogen-bond acceptors (Lipinski definition) is 3. The minimum absolute atomic E-state index is 0.0420. The number of halogens is 1. The lowest BCUT2D eigenvalue weighted by Gasteiger charge is -2.20. The van der Waals surface area contributed by atoms with Crippen LogP contribution >= 0.6 is 11.6 Å². The monoisotopic (exact) mass is 369 g/mol. The van der Waals surface area contributed by atoms with Gasteiger partial charge in [-0.3, -0.25) is 4.79 Å². The number of carbonyl (C=O) groups excluding carboxylic acids is 1. The van der Waals surface area contributed by atoms with E-state index in [0.29, 0.717) is 17.5 Å². The number of hydrogen-bond donors (Lipinski definition) is 1. The molecule has 2 heterocycles. The Hall–Kier alpha value is -2.53. The SMILES string of the molecule is COc1ccccc1C(CC(=O)NC1CC1)c1cnc2ccc(Cl)cn12. The summed E-state index contributed by atoms with van der Waals surface area (Å²) in [7, 11) is 1.64. The fourth-order valence-corrected chi connectivity index (χ4v) is 3.42. The van der Waals surface area contributed by atoms with Crippen LogP contribution in [0.25, 0.3) is 5.65 Å². The molecule has 0 saturated heterocycles. The molecule has 2 aromatic heterocycles. The second-order valence-corrected chi connectivity index (χ2v) is 7.04. The van der Waals surface area contributed by atoms with Crippen molar-refractivity contribution in [1.29, 1.82) is 0 Å². The molecule has 6 heteroatoms. The van der Waals surface area contributed by atoms with Crippen molar-refractivity contribution in [3.8, 4) is 5.75 Å². The van der Waals surface area contributed by atoms with Crippen molar-refractivity contribution in [3.63, 3.8) is 0 Å². The lowest BCUT2D eigenvalue weighted by molar-refractivity contribution is -0.121. The highest BCUT2D eigenvalue weighted by Gasteiger charge is 2.28. The Morgan fingerprint density at radius 1 is 1.35 bits per heavy atom. The molecule has 4 rings (SSSR count). The number of methoxy groups -OCH3 is 1. The average molecular weight is 370 g/mol. The van der Waals surface area contributed by atoms with Gasteiger partial charge in [0, 0.05) is 36.3 Å². The fraction of sp³-hybridized carbons (Fsp3) is 0.300. The van der Waals surface area contributed by atoms with Crippen LogP contribution in [0.15, 0.2) is 48.8 Å². The van der Waals surface area contributed by atoms with Crippen molar-refractivity contribution in [2.24, 2.45) is 0 Å². The molecule has 5 nitrogen and oxygen atoms in total. The fourth-order valence-electron chi connectivity index (χ4n) is 3.26. The van der Waals surface area contributed by atoms with Gasteiger partial charge < -0.3 is 14.5 Å². The number of fused-ring (bicyclic) bond motifs is 1. The zero-order valence-corrected chi connectivity index (χ0v) is 15.2. The molecule has 0 spiro atoms. The van der Waals surface area contributed by atoms with Gasteiger partial charge in [0.05, 0.1) is 17.8 Å². The summed E-state index contributed by atoms with van der Waals surface area (Å²) in [5.41, 5.74) is 2.67. The third-order valence-corrected chi connectivity index (χ3v) is 4.93. The molecule has 134 valence electrons. The molecule has 1 aliphatic rings. The summed E-state index contributed by atoms with van der Waals surface area (Å²) in [5.74, 6) is 0.618. The summed E-state index contributed by atoms with van der Waals surface area (Å²) in [6.45, 7) is 0. The van der Waals surface area contributed by atoms with Crippen LogP contribution < -0.4 is 10.1 Å². The molecule has 1 saturated carbocycles. The van der Waals surface area contributed by atoms with Gasteiger partial charge in [0.1, 0.15) is 11.4 Å². The molecule has 1 fully saturated rings. The summed E-state index contributed by atoms with van der Waals surface area (Å²) in [4.78, 5) is 17.0. The minimum Gasteiger partial charge on any atom is -0.496 e. The molecule has 0 aliphatic heterocycles. The lowest BCUT2D eigenvalue weighted by atomic mass is 9.91. The van der Waals surface area contributed by atoms with Crippen molar-refractivity contribution in [1.82, 2.24) is 14.7 Å². The van der Waals surface area contributed by atoms with Crippen molar-refractivity contribution in [2.75, 3.05) is 7.11 Å². The van der Waals surface area contributed by atoms with Crippen LogP contribution in [0.2, 0.25) is 5.02 Å². The predicted octanol–water partition coefficient (Wildman–Crippen LogP) is 3.80. The highest BCUT2D eigenvalue weighted by molar-refractivity contribution is 6.30. The van der Waals surface area contributed by atoms with E-state index < -0.39 is 0 Å². The van der Waals surface area contributed by atoms with Gasteiger partial charge >= 0.3 is 0 Å². The first-order valence-corrected chi connectivity index (χ1v) is 9.08. The van der Waals surface area contributed by atoms with Crippen LogP contribution in [-0.4, -0.2) is 28.4 Å². The van der Waals surface area contributed by atoms with Crippen molar-refractivity contribution in [3.05, 3.63) is 65.1 Å². The molecule has 3 aromatic rings. The molecular weight excluding hydrogens is 350 g/mol. The van der Waals surface area contributed by atoms with E-state index >= 15 is 0 Å². The number of pyridine rings is 1. The molecule has 1 unspecified atom stereocenters. The highest BCUT2D eigenvalue weighted by Crippen LogP contribution is 2.35. The Balaban J connectivity index is 1.78. The summed E-state index contributed by atoms with van der Waals surface area (Å²) in [5, 5.41) is 3.70. The van der Waals surface area contributed by atoms with Crippen LogP contribution in [0.1, 0.15) is 36.4 Å². The van der Waals surface area contributed by atoms with Gasteiger partial charge in [0.15, 0.2) is 0 Å². The molecule has 1 atom stereocenters. The smallest absolute Gasteiger partial charge is 0.221 e. The topological polar surface area (TPSA) is 55.6 Å². The average Bonchev–Trinajstić information content (AvgIpc) is 3.36. The van der Waals surface area contributed by atoms with Crippen molar-refractivity contribution < 1.29 is 9.53 Å². The van der Waals surface area contributed by atoms with Gasteiger partial charge in [-0.25, -0.2) is 4.98 Å². The highest BCUT2D eigenvalue weighted by atomic mass is 35.5. The summed E-state index contributed by atoms with van der Waals surface area (Å²) < 4.78 is 7.50. The second kappa shape index (κ2) is 7.00. The van der Waals surface area contributed by atoms with E-state index in [1.807, 2.05) is 53.2 Å². The quantitative estimate of drug-likeness (QED) is 0.719. The molecule has 1 aliphatic carbocycles. The normalized spacial score (nSPS) is 15.0. The number of carbonyl (C=O) groups is 1. The Kier molecular flexibility index (Phi) is 4.55. The zero-order chi connectivity index (χ0) is 18.1. The number of amides is 1. The maximum Gasteiger partial charge on any atom is 0.221 e. The number of benzene rings is 1. The first kappa shape index (κ1) is 16.9. The number of aromatic nitrogens is 2. The van der Waals surface area contributed by atoms with Crippen molar-refractivity contribution in [2.45, 2.75) is 31.2 Å². The molecular formula is C20H20ClN3O2. The van der Waals surface area contributed by atoms with E-state index in [-0.39, 0.29) is 11.8 Å². The number of nitrogens with zero attached hydrogens (tertiary/aromatic N) is 2. The number of ether oxygens (including phenoxy) is 1. The Morgan fingerprint density at radius 3 is 2.92 bits per heavy atom. The number of nitrogens with one attached hydrogen (secondary N) is 1. The Morgan fingerprint density at radius 2 is 2.15 bits per heavy atom. The predicted molar refractivity (Wildman–Crippen MR) is 101 cm³/mol. The van der Waals surface area contributed by atoms with E-state index in [0.717, 1.165) is 35.5 Å². The summed E-state index contributed by atoms with van der Waals surface area (Å²) in [6.07, 6.45) is 6.11. The third-order valence-electron chi connectivity index (χ3n) is 4.70. The maximum atomic E-state index is 12.6. The molecule has 1 N–H and O–H groups in total. The van der Waals surface area contributed by atoms with Gasteiger partial charge in [-0.2, -0.15) is 0 Å². The Labute approximate surface area is 157 Å². The molecule has 1 aromatic carbocycles. The van der Waals surface area contributed by atoms with Gasteiger partial charge in [0.25, 0.3) is 0 Å². The van der Waals surface area contributed by atoms with Crippen LogP contribution in [0.3, 0.4) is 0 Å². The van der Waals surface area contributed by atoms with Crippen LogP contribution in [0.5, 0.6) is 5.75 Å². The van der Waals surface area contributed by atoms with Crippen LogP contribution in [-0.2, 0) is 4.79 Å². The van der Waals surface area contributed by atoms with E-state index in [1.54, 1.807) is 7.11 Å². The summed E-state index contributed by atoms with van der Waals surface area (Å²) in [6, 6.07) is 11.8. The molecule has 0 bridgehead atoms. The molecule has 0 radical (unpaired) electrons. The van der Waals surface area contributed by atoms with Crippen LogP contribution in [0, 0.1) is 0 Å². The lowest BCUT2D eigenvalue weighted by Crippen LogP contribution is -2.27. The standard InChI is InChI=1S/C20H20ClN3O2/c1-26-18-5-3-2-4-15(18)16(10-20(25)23-14-7-8-14)17-11-22-19-9-6-13(21)12-24(17)19/h2-6,9,11-12,14,16H,7-8,10H2,1H3,(H,23,25). The Bertz CT molecular complexity index is 949. The van der Waals surface area contributed by atoms with Gasteiger partial charge in [0.2, 0.25) is 5.91 Å². The zero-order valence-electron chi connectivity index (χ0n) is 14.5. The van der Waals surface area contributed by atoms with Crippen molar-refractivity contribution >= 4 is 23.2 Å². The van der Waals surface area contributed by atoms with E-state index in [9.17, 15) is 4.79 Å². The number of imidazole rings is 1. The third kappa shape index (κ3) is 3.40. The first-order valence-electron chi connectivity index (χ1n) is 8.70. The molecule has 26 heavy (non-hydrogen) atoms. The van der Waals surface area contributed by atoms with E-state index in [4.69, 9.17) is 16.3 Å². The maximum absolute atomic E-state index is 12.6. The van der Waals surface area contributed by atoms with Gasteiger partial charge in [-0.1, -0.05) is 29.8 Å². The van der Waals surface area contributed by atoms with Gasteiger partial charge in [-0.05, 0) is 31.0 Å². The van der Waals surface area contributed by atoms with Crippen LogP contribution in [0.4, 0.5) is 0 Å². The van der Waals surface area contributed by atoms with Gasteiger partial charge in [-0.15, -0.1) is 0 Å². The minimum atomic E-state index is -0.182. The van der Waals surface area contributed by atoms with E-state index in [1.165, 1.54) is 0 Å². The number of para-hydroxylation sites is 1. The largest absolute Gasteiger partial charge is 0.496 e. The molecule has 1 amide bonds. The summed E-state index contributed by atoms with van der Waals surface area (Å²) >= 11 is 6.19. The number of rotatable bonds is 6.